The van der Waals surface area contributed by atoms with E-state index in [2.05, 4.69) is 10.2 Å². The smallest absolute Gasteiger partial charge is 0.240 e. The summed E-state index contributed by atoms with van der Waals surface area (Å²) in [5, 5.41) is 9.12. The lowest BCUT2D eigenvalue weighted by atomic mass is 10.1. The number of carbonyl (C=O) groups excluding carboxylic acids is 1. The fraction of sp³-hybridized carbons (Fsp3) is 0.192. The monoisotopic (exact) mass is 474 g/mol. The molecule has 0 aliphatic heterocycles. The van der Waals surface area contributed by atoms with Crippen molar-refractivity contribution >= 4 is 17.7 Å². The predicted octanol–water partition coefficient (Wildman–Crippen LogP) is 4.87. The second kappa shape index (κ2) is 10.4. The quantitative estimate of drug-likeness (QED) is 0.339. The van der Waals surface area contributed by atoms with Crippen LogP contribution in [0.5, 0.6) is 11.5 Å². The molecule has 0 saturated carbocycles. The first-order valence-corrected chi connectivity index (χ1v) is 11.6. The van der Waals surface area contributed by atoms with Gasteiger partial charge in [0, 0.05) is 25.7 Å². The Hall–Kier alpha value is -3.78. The van der Waals surface area contributed by atoms with E-state index in [1.807, 2.05) is 83.4 Å². The molecule has 1 atom stereocenters. The molecule has 174 valence electrons. The Balaban J connectivity index is 1.86. The fourth-order valence-corrected chi connectivity index (χ4v) is 4.75. The highest BCUT2D eigenvalue weighted by Crippen LogP contribution is 2.39. The van der Waals surface area contributed by atoms with Crippen molar-refractivity contribution in [3.8, 4) is 28.6 Å². The van der Waals surface area contributed by atoms with E-state index in [9.17, 15) is 4.79 Å². The molecule has 3 aromatic carbocycles. The van der Waals surface area contributed by atoms with Crippen LogP contribution >= 0.6 is 11.8 Å². The number of ether oxygens (including phenoxy) is 2. The van der Waals surface area contributed by atoms with Crippen molar-refractivity contribution < 1.29 is 14.3 Å². The van der Waals surface area contributed by atoms with Gasteiger partial charge in [-0.3, -0.25) is 9.36 Å². The molecular weight excluding hydrogens is 448 g/mol. The number of likely N-dealkylation sites (N-methyl/N-ethyl adjacent to an activating group) is 1. The van der Waals surface area contributed by atoms with E-state index in [0.717, 1.165) is 16.8 Å². The van der Waals surface area contributed by atoms with Crippen LogP contribution in [0.25, 0.3) is 17.1 Å². The summed E-state index contributed by atoms with van der Waals surface area (Å²) in [6, 6.07) is 25.2. The lowest BCUT2D eigenvalue weighted by Gasteiger charge is -2.21. The molecule has 0 aliphatic rings. The van der Waals surface area contributed by atoms with Crippen LogP contribution < -0.4 is 9.47 Å². The summed E-state index contributed by atoms with van der Waals surface area (Å²) >= 11 is 1.36. The Bertz CT molecular complexity index is 1260. The molecule has 0 unspecified atom stereocenters. The number of aromatic nitrogens is 3. The molecule has 0 N–H and O–H groups in total. The van der Waals surface area contributed by atoms with E-state index in [1.54, 1.807) is 33.2 Å². The van der Waals surface area contributed by atoms with Crippen LogP contribution in [-0.2, 0) is 4.79 Å². The molecule has 8 heteroatoms. The number of methoxy groups -OCH3 is 2. The molecule has 0 fully saturated rings. The Morgan fingerprint density at radius 1 is 0.882 bits per heavy atom. The van der Waals surface area contributed by atoms with Crippen LogP contribution in [0.4, 0.5) is 0 Å². The number of hydrogen-bond donors (Lipinski definition) is 0. The SMILES string of the molecule is COc1ccc(-n2c(S[C@H](C(=O)N(C)C)c3ccccc3)nnc2-c2ccccc2)cc1OC. The van der Waals surface area contributed by atoms with Crippen LogP contribution in [-0.4, -0.2) is 53.9 Å². The van der Waals surface area contributed by atoms with Gasteiger partial charge in [-0.2, -0.15) is 0 Å². The number of carbonyl (C=O) groups is 1. The number of nitrogens with zero attached hydrogens (tertiary/aromatic N) is 4. The van der Waals surface area contributed by atoms with E-state index < -0.39 is 5.25 Å². The fourth-order valence-electron chi connectivity index (χ4n) is 3.55. The zero-order valence-corrected chi connectivity index (χ0v) is 20.3. The van der Waals surface area contributed by atoms with Crippen LogP contribution in [0.1, 0.15) is 10.8 Å². The van der Waals surface area contributed by atoms with E-state index in [0.29, 0.717) is 22.5 Å². The molecular formula is C26H26N4O3S. The van der Waals surface area contributed by atoms with Crippen molar-refractivity contribution in [2.75, 3.05) is 28.3 Å². The lowest BCUT2D eigenvalue weighted by molar-refractivity contribution is -0.128. The van der Waals surface area contributed by atoms with Crippen molar-refractivity contribution in [1.82, 2.24) is 19.7 Å². The summed E-state index contributed by atoms with van der Waals surface area (Å²) in [7, 11) is 6.72. The number of benzene rings is 3. The van der Waals surface area contributed by atoms with Crippen LogP contribution in [0.15, 0.2) is 84.0 Å². The Morgan fingerprint density at radius 3 is 2.15 bits per heavy atom. The van der Waals surface area contributed by atoms with Crippen LogP contribution in [0.2, 0.25) is 0 Å². The summed E-state index contributed by atoms with van der Waals surface area (Å²) < 4.78 is 12.9. The van der Waals surface area contributed by atoms with Gasteiger partial charge in [0.15, 0.2) is 22.5 Å². The summed E-state index contributed by atoms with van der Waals surface area (Å²) in [5.41, 5.74) is 2.61. The maximum Gasteiger partial charge on any atom is 0.240 e. The first-order valence-electron chi connectivity index (χ1n) is 10.7. The molecule has 4 aromatic rings. The molecule has 0 radical (unpaired) electrons. The highest BCUT2D eigenvalue weighted by molar-refractivity contribution is 8.00. The van der Waals surface area contributed by atoms with Gasteiger partial charge in [0.2, 0.25) is 5.91 Å². The zero-order chi connectivity index (χ0) is 24.1. The highest BCUT2D eigenvalue weighted by Gasteiger charge is 2.28. The minimum atomic E-state index is -0.483. The maximum atomic E-state index is 13.2. The van der Waals surface area contributed by atoms with Crippen LogP contribution in [0.3, 0.4) is 0 Å². The van der Waals surface area contributed by atoms with Crippen molar-refractivity contribution in [2.24, 2.45) is 0 Å². The summed E-state index contributed by atoms with van der Waals surface area (Å²) in [4.78, 5) is 14.8. The molecule has 34 heavy (non-hydrogen) atoms. The van der Waals surface area contributed by atoms with Crippen LogP contribution in [0, 0.1) is 0 Å². The minimum Gasteiger partial charge on any atom is -0.493 e. The van der Waals surface area contributed by atoms with Gasteiger partial charge in [-0.15, -0.1) is 10.2 Å². The van der Waals surface area contributed by atoms with E-state index in [1.165, 1.54) is 11.8 Å². The normalized spacial score (nSPS) is 11.6. The molecule has 1 aromatic heterocycles. The van der Waals surface area contributed by atoms with E-state index in [4.69, 9.17) is 9.47 Å². The summed E-state index contributed by atoms with van der Waals surface area (Å²) in [6.45, 7) is 0. The zero-order valence-electron chi connectivity index (χ0n) is 19.5. The van der Waals surface area contributed by atoms with Gasteiger partial charge >= 0.3 is 0 Å². The third-order valence-corrected chi connectivity index (χ3v) is 6.47. The van der Waals surface area contributed by atoms with Gasteiger partial charge in [0.1, 0.15) is 5.25 Å². The van der Waals surface area contributed by atoms with Gasteiger partial charge < -0.3 is 14.4 Å². The molecule has 4 rings (SSSR count). The summed E-state index contributed by atoms with van der Waals surface area (Å²) in [6.07, 6.45) is 0. The first kappa shape index (κ1) is 23.4. The Kier molecular flexibility index (Phi) is 7.18. The Morgan fingerprint density at radius 2 is 1.53 bits per heavy atom. The molecule has 1 heterocycles. The number of amides is 1. The average molecular weight is 475 g/mol. The van der Waals surface area contributed by atoms with Gasteiger partial charge in [-0.25, -0.2) is 0 Å². The first-order chi connectivity index (χ1) is 16.5. The molecule has 0 bridgehead atoms. The number of hydrogen-bond acceptors (Lipinski definition) is 6. The maximum absolute atomic E-state index is 13.2. The topological polar surface area (TPSA) is 69.5 Å². The number of rotatable bonds is 8. The third kappa shape index (κ3) is 4.77. The average Bonchev–Trinajstić information content (AvgIpc) is 3.31. The molecule has 0 spiro atoms. The minimum absolute atomic E-state index is 0.0284. The standard InChI is InChI=1S/C26H26N4O3S/c1-29(2)25(31)23(18-11-7-5-8-12-18)34-26-28-27-24(19-13-9-6-10-14-19)30(26)20-15-16-21(32-3)22(17-20)33-4/h5-17,23H,1-4H3/t23-/m0/s1. The van der Waals surface area contributed by atoms with Crippen molar-refractivity contribution in [3.05, 3.63) is 84.4 Å². The van der Waals surface area contributed by atoms with Gasteiger partial charge in [0.05, 0.1) is 19.9 Å². The third-order valence-electron chi connectivity index (χ3n) is 5.28. The summed E-state index contributed by atoms with van der Waals surface area (Å²) in [5.74, 6) is 1.85. The second-order valence-electron chi connectivity index (χ2n) is 7.69. The van der Waals surface area contributed by atoms with Crippen molar-refractivity contribution in [1.29, 1.82) is 0 Å². The lowest BCUT2D eigenvalue weighted by Crippen LogP contribution is -2.27. The van der Waals surface area contributed by atoms with Gasteiger partial charge in [-0.1, -0.05) is 72.4 Å². The molecule has 0 aliphatic carbocycles. The second-order valence-corrected chi connectivity index (χ2v) is 8.76. The molecule has 7 nitrogen and oxygen atoms in total. The predicted molar refractivity (Wildman–Crippen MR) is 134 cm³/mol. The van der Waals surface area contributed by atoms with E-state index >= 15 is 0 Å². The van der Waals surface area contributed by atoms with Crippen molar-refractivity contribution in [3.63, 3.8) is 0 Å². The van der Waals surface area contributed by atoms with Crippen molar-refractivity contribution in [2.45, 2.75) is 10.4 Å². The van der Waals surface area contributed by atoms with Gasteiger partial charge in [-0.05, 0) is 17.7 Å². The molecule has 1 amide bonds. The highest BCUT2D eigenvalue weighted by atomic mass is 32.2. The van der Waals surface area contributed by atoms with E-state index in [-0.39, 0.29) is 5.91 Å². The number of thioether (sulfide) groups is 1. The largest absolute Gasteiger partial charge is 0.493 e. The van der Waals surface area contributed by atoms with Gasteiger partial charge in [0.25, 0.3) is 0 Å². The molecule has 0 saturated heterocycles. The Labute approximate surface area is 203 Å².